The van der Waals surface area contributed by atoms with E-state index in [1.165, 1.54) is 19.1 Å². The van der Waals surface area contributed by atoms with E-state index < -0.39 is 42.4 Å². The third-order valence-electron chi connectivity index (χ3n) is 3.56. The maximum absolute atomic E-state index is 12.2. The molecule has 7 nitrogen and oxygen atoms in total. The van der Waals surface area contributed by atoms with Crippen molar-refractivity contribution >= 4 is 23.6 Å². The van der Waals surface area contributed by atoms with Crippen molar-refractivity contribution in [3.8, 4) is 0 Å². The second-order valence-corrected chi connectivity index (χ2v) is 5.25. The smallest absolute Gasteiger partial charge is 0.353 e. The highest BCUT2D eigenvalue weighted by Gasteiger charge is 2.41. The van der Waals surface area contributed by atoms with Gasteiger partial charge in [-0.15, -0.1) is 0 Å². The Labute approximate surface area is 140 Å². The van der Waals surface area contributed by atoms with Gasteiger partial charge < -0.3 is 10.6 Å². The normalized spacial score (nSPS) is 15.0. The fourth-order valence-corrected chi connectivity index (χ4v) is 2.29. The SMILES string of the molecule is CC(C(=O)NCCNC(=O)C(F)(F)F)N1C(=O)c2ccccc2C1=O. The molecule has 1 aliphatic heterocycles. The highest BCUT2D eigenvalue weighted by atomic mass is 19.4. The number of imide groups is 1. The van der Waals surface area contributed by atoms with Crippen LogP contribution in [0.25, 0.3) is 0 Å². The van der Waals surface area contributed by atoms with Crippen LogP contribution in [-0.2, 0) is 9.59 Å². The number of hydrogen-bond acceptors (Lipinski definition) is 4. The van der Waals surface area contributed by atoms with Crippen LogP contribution in [0.3, 0.4) is 0 Å². The first-order valence-electron chi connectivity index (χ1n) is 7.24. The number of carbonyl (C=O) groups is 4. The lowest BCUT2D eigenvalue weighted by atomic mass is 10.1. The average Bonchev–Trinajstić information content (AvgIpc) is 2.81. The molecule has 1 unspecified atom stereocenters. The summed E-state index contributed by atoms with van der Waals surface area (Å²) in [6.07, 6.45) is -5.00. The number of rotatable bonds is 5. The van der Waals surface area contributed by atoms with Gasteiger partial charge >= 0.3 is 12.1 Å². The van der Waals surface area contributed by atoms with E-state index >= 15 is 0 Å². The molecular weight excluding hydrogens is 343 g/mol. The van der Waals surface area contributed by atoms with Crippen LogP contribution < -0.4 is 10.6 Å². The Morgan fingerprint density at radius 1 is 1.04 bits per heavy atom. The molecule has 2 rings (SSSR count). The van der Waals surface area contributed by atoms with E-state index in [4.69, 9.17) is 0 Å². The summed E-state index contributed by atoms with van der Waals surface area (Å²) in [4.78, 5) is 47.9. The minimum Gasteiger partial charge on any atom is -0.353 e. The van der Waals surface area contributed by atoms with Gasteiger partial charge in [0.2, 0.25) is 5.91 Å². The summed E-state index contributed by atoms with van der Waals surface area (Å²) >= 11 is 0. The van der Waals surface area contributed by atoms with Crippen molar-refractivity contribution in [1.82, 2.24) is 15.5 Å². The summed E-state index contributed by atoms with van der Waals surface area (Å²) < 4.78 is 36.0. The summed E-state index contributed by atoms with van der Waals surface area (Å²) in [7, 11) is 0. The van der Waals surface area contributed by atoms with E-state index in [9.17, 15) is 32.3 Å². The summed E-state index contributed by atoms with van der Waals surface area (Å²) in [6.45, 7) is 0.596. The number of benzene rings is 1. The van der Waals surface area contributed by atoms with E-state index in [1.54, 1.807) is 17.4 Å². The number of nitrogens with zero attached hydrogens (tertiary/aromatic N) is 1. The van der Waals surface area contributed by atoms with Crippen molar-refractivity contribution < 1.29 is 32.3 Å². The predicted octanol–water partition coefficient (Wildman–Crippen LogP) is 0.466. The molecule has 134 valence electrons. The number of nitrogens with one attached hydrogen (secondary N) is 2. The summed E-state index contributed by atoms with van der Waals surface area (Å²) in [6, 6.07) is 4.95. The van der Waals surface area contributed by atoms with Crippen LogP contribution in [-0.4, -0.2) is 53.8 Å². The first-order valence-corrected chi connectivity index (χ1v) is 7.24. The van der Waals surface area contributed by atoms with Gasteiger partial charge in [0, 0.05) is 13.1 Å². The van der Waals surface area contributed by atoms with E-state index in [2.05, 4.69) is 5.32 Å². The summed E-state index contributed by atoms with van der Waals surface area (Å²) in [5.74, 6) is -4.08. The van der Waals surface area contributed by atoms with Gasteiger partial charge in [-0.3, -0.25) is 24.1 Å². The molecule has 0 radical (unpaired) electrons. The Balaban J connectivity index is 1.90. The number of fused-ring (bicyclic) bond motifs is 1. The molecular formula is C15H14F3N3O4. The van der Waals surface area contributed by atoms with Gasteiger partial charge in [-0.1, -0.05) is 12.1 Å². The van der Waals surface area contributed by atoms with Crippen molar-refractivity contribution in [2.45, 2.75) is 19.1 Å². The maximum Gasteiger partial charge on any atom is 0.471 e. The molecule has 1 atom stereocenters. The van der Waals surface area contributed by atoms with Gasteiger partial charge in [0.1, 0.15) is 6.04 Å². The van der Waals surface area contributed by atoms with Crippen LogP contribution in [0.1, 0.15) is 27.6 Å². The molecule has 0 spiro atoms. The Bertz CT molecular complexity index is 698. The molecule has 2 N–H and O–H groups in total. The standard InChI is InChI=1S/C15H14F3N3O4/c1-8(11(22)19-6-7-20-14(25)15(16,17)18)21-12(23)9-4-2-3-5-10(9)13(21)24/h2-5,8H,6-7H2,1H3,(H,19,22)(H,20,25). The zero-order valence-electron chi connectivity index (χ0n) is 13.0. The summed E-state index contributed by atoms with van der Waals surface area (Å²) in [5.41, 5.74) is 0.370. The van der Waals surface area contributed by atoms with Gasteiger partial charge in [0.25, 0.3) is 11.8 Å². The number of halogens is 3. The third kappa shape index (κ3) is 3.78. The van der Waals surface area contributed by atoms with Gasteiger partial charge in [0.15, 0.2) is 0 Å². The minimum atomic E-state index is -5.00. The monoisotopic (exact) mass is 357 g/mol. The highest BCUT2D eigenvalue weighted by Crippen LogP contribution is 2.24. The number of carbonyl (C=O) groups excluding carboxylic acids is 4. The Morgan fingerprint density at radius 3 is 2.00 bits per heavy atom. The molecule has 1 aliphatic rings. The Morgan fingerprint density at radius 2 is 1.52 bits per heavy atom. The first-order chi connectivity index (χ1) is 11.6. The second kappa shape index (κ2) is 6.91. The molecule has 0 bridgehead atoms. The maximum atomic E-state index is 12.2. The molecule has 1 heterocycles. The number of alkyl halides is 3. The molecule has 4 amide bonds. The zero-order chi connectivity index (χ0) is 18.8. The van der Waals surface area contributed by atoms with Crippen LogP contribution in [0.15, 0.2) is 24.3 Å². The van der Waals surface area contributed by atoms with E-state index in [1.807, 2.05) is 0 Å². The van der Waals surface area contributed by atoms with Crippen molar-refractivity contribution in [1.29, 1.82) is 0 Å². The van der Waals surface area contributed by atoms with Crippen molar-refractivity contribution in [3.05, 3.63) is 35.4 Å². The first kappa shape index (κ1) is 18.4. The summed E-state index contributed by atoms with van der Waals surface area (Å²) in [5, 5.41) is 3.86. The molecule has 0 aliphatic carbocycles. The largest absolute Gasteiger partial charge is 0.471 e. The minimum absolute atomic E-state index is 0.185. The molecule has 10 heteroatoms. The lowest BCUT2D eigenvalue weighted by Crippen LogP contribution is -2.49. The molecule has 0 aromatic heterocycles. The molecule has 0 saturated carbocycles. The quantitative estimate of drug-likeness (QED) is 0.591. The van der Waals surface area contributed by atoms with Crippen molar-refractivity contribution in [3.63, 3.8) is 0 Å². The Kier molecular flexibility index (Phi) is 5.10. The molecule has 0 fully saturated rings. The van der Waals surface area contributed by atoms with Gasteiger partial charge in [-0.2, -0.15) is 13.2 Å². The zero-order valence-corrected chi connectivity index (χ0v) is 13.0. The van der Waals surface area contributed by atoms with Crippen molar-refractivity contribution in [2.75, 3.05) is 13.1 Å². The third-order valence-corrected chi connectivity index (χ3v) is 3.56. The van der Waals surface area contributed by atoms with Gasteiger partial charge in [0.05, 0.1) is 11.1 Å². The molecule has 1 aromatic rings. The van der Waals surface area contributed by atoms with E-state index in [-0.39, 0.29) is 17.7 Å². The van der Waals surface area contributed by atoms with Crippen LogP contribution in [0.2, 0.25) is 0 Å². The average molecular weight is 357 g/mol. The number of amides is 4. The molecule has 0 saturated heterocycles. The van der Waals surface area contributed by atoms with Gasteiger partial charge in [-0.25, -0.2) is 0 Å². The van der Waals surface area contributed by atoms with Crippen LogP contribution in [0.5, 0.6) is 0 Å². The molecule has 1 aromatic carbocycles. The highest BCUT2D eigenvalue weighted by molar-refractivity contribution is 6.22. The van der Waals surface area contributed by atoms with Crippen molar-refractivity contribution in [2.24, 2.45) is 0 Å². The van der Waals surface area contributed by atoms with Crippen LogP contribution in [0, 0.1) is 0 Å². The molecule has 25 heavy (non-hydrogen) atoms. The van der Waals surface area contributed by atoms with Crippen LogP contribution >= 0.6 is 0 Å². The van der Waals surface area contributed by atoms with E-state index in [0.717, 1.165) is 4.90 Å². The fourth-order valence-electron chi connectivity index (χ4n) is 2.29. The Hall–Kier alpha value is -2.91. The number of hydrogen-bond donors (Lipinski definition) is 2. The topological polar surface area (TPSA) is 95.6 Å². The second-order valence-electron chi connectivity index (χ2n) is 5.25. The predicted molar refractivity (Wildman–Crippen MR) is 78.5 cm³/mol. The fraction of sp³-hybridized carbons (Fsp3) is 0.333. The van der Waals surface area contributed by atoms with E-state index in [0.29, 0.717) is 0 Å². The lowest BCUT2D eigenvalue weighted by molar-refractivity contribution is -0.173. The lowest BCUT2D eigenvalue weighted by Gasteiger charge is -2.21. The van der Waals surface area contributed by atoms with Crippen LogP contribution in [0.4, 0.5) is 13.2 Å². The van der Waals surface area contributed by atoms with Gasteiger partial charge in [-0.05, 0) is 19.1 Å².